The summed E-state index contributed by atoms with van der Waals surface area (Å²) >= 11 is 4.70. The third kappa shape index (κ3) is 3.96. The molecule has 0 bridgehead atoms. The molecule has 1 rings (SSSR count). The fourth-order valence-electron chi connectivity index (χ4n) is 0.891. The van der Waals surface area contributed by atoms with Crippen LogP contribution in [0.1, 0.15) is 25.1 Å². The molecule has 0 fully saturated rings. The van der Waals surface area contributed by atoms with Gasteiger partial charge in [-0.15, -0.1) is 0 Å². The van der Waals surface area contributed by atoms with Crippen molar-refractivity contribution < 1.29 is 4.39 Å². The van der Waals surface area contributed by atoms with E-state index in [-0.39, 0.29) is 5.82 Å². The second-order valence-electron chi connectivity index (χ2n) is 2.44. The number of pyridine rings is 1. The van der Waals surface area contributed by atoms with Crippen LogP contribution in [-0.4, -0.2) is 11.2 Å². The summed E-state index contributed by atoms with van der Waals surface area (Å²) in [7, 11) is 0. The molecule has 0 aliphatic heterocycles. The number of aromatic nitrogens is 1. The zero-order valence-corrected chi connectivity index (χ0v) is 11.3. The van der Waals surface area contributed by atoms with E-state index in [1.807, 2.05) is 27.0 Å². The first-order valence-corrected chi connectivity index (χ1v) is 6.64. The summed E-state index contributed by atoms with van der Waals surface area (Å²) in [4.78, 5) is 4.02. The molecule has 4 heteroatoms. The second kappa shape index (κ2) is 7.23. The highest BCUT2D eigenvalue weighted by Gasteiger charge is 2.05. The Balaban J connectivity index is 0.000000791. The molecule has 0 N–H and O–H groups in total. The summed E-state index contributed by atoms with van der Waals surface area (Å²) < 4.78 is 13.3. The predicted octanol–water partition coefficient (Wildman–Crippen LogP) is 4.18. The zero-order valence-electron chi connectivity index (χ0n) is 8.90. The number of halogens is 2. The Hall–Kier alpha value is -0.0900. The Labute approximate surface area is 97.6 Å². The third-order valence-corrected chi connectivity index (χ3v) is 2.68. The van der Waals surface area contributed by atoms with Crippen molar-refractivity contribution in [3.63, 3.8) is 0 Å². The minimum atomic E-state index is -0.287. The van der Waals surface area contributed by atoms with Gasteiger partial charge in [0.25, 0.3) is 0 Å². The fourth-order valence-corrected chi connectivity index (χ4v) is 1.87. The van der Waals surface area contributed by atoms with Crippen LogP contribution in [0, 0.1) is 12.7 Å². The first-order chi connectivity index (χ1) is 6.65. The van der Waals surface area contributed by atoms with Crippen LogP contribution in [0.25, 0.3) is 0 Å². The Morgan fingerprint density at radius 2 is 2.07 bits per heavy atom. The smallest absolute Gasteiger partial charge is 0.156 e. The van der Waals surface area contributed by atoms with Crippen LogP contribution in [0.15, 0.2) is 10.7 Å². The van der Waals surface area contributed by atoms with E-state index in [0.717, 1.165) is 17.0 Å². The van der Waals surface area contributed by atoms with E-state index in [4.69, 9.17) is 0 Å². The number of hydrogen-bond acceptors (Lipinski definition) is 2. The molecule has 0 saturated carbocycles. The van der Waals surface area contributed by atoms with Crippen LogP contribution < -0.4 is 0 Å². The first kappa shape index (κ1) is 13.9. The molecule has 0 spiro atoms. The zero-order chi connectivity index (χ0) is 11.1. The van der Waals surface area contributed by atoms with Gasteiger partial charge in [0.15, 0.2) is 5.82 Å². The lowest BCUT2D eigenvalue weighted by Gasteiger charge is -2.03. The molecular weight excluding hydrogens is 265 g/mol. The molecule has 0 saturated heterocycles. The van der Waals surface area contributed by atoms with Crippen molar-refractivity contribution in [1.82, 2.24) is 4.98 Å². The molecule has 14 heavy (non-hydrogen) atoms. The van der Waals surface area contributed by atoms with E-state index in [0.29, 0.717) is 4.60 Å². The number of hydrogen-bond donors (Lipinski definition) is 0. The van der Waals surface area contributed by atoms with Gasteiger partial charge in [-0.2, -0.15) is 11.8 Å². The number of nitrogens with zero attached hydrogens (tertiary/aromatic N) is 1. The van der Waals surface area contributed by atoms with E-state index >= 15 is 0 Å². The van der Waals surface area contributed by atoms with Crippen LogP contribution in [0.4, 0.5) is 4.39 Å². The van der Waals surface area contributed by atoms with E-state index in [2.05, 4.69) is 20.9 Å². The summed E-state index contributed by atoms with van der Waals surface area (Å²) in [5.74, 6) is 0.521. The van der Waals surface area contributed by atoms with Crippen LogP contribution in [0.2, 0.25) is 0 Å². The quantitative estimate of drug-likeness (QED) is 0.754. The lowest BCUT2D eigenvalue weighted by atomic mass is 10.2. The van der Waals surface area contributed by atoms with Crippen molar-refractivity contribution in [3.8, 4) is 0 Å². The minimum absolute atomic E-state index is 0.287. The lowest BCUT2D eigenvalue weighted by molar-refractivity contribution is 0.609. The molecule has 1 aromatic rings. The highest BCUT2D eigenvalue weighted by molar-refractivity contribution is 9.10. The average Bonchev–Trinajstić information content (AvgIpc) is 2.18. The van der Waals surface area contributed by atoms with Crippen molar-refractivity contribution in [1.29, 1.82) is 0 Å². The highest BCUT2D eigenvalue weighted by Crippen LogP contribution is 2.19. The van der Waals surface area contributed by atoms with E-state index in [9.17, 15) is 4.39 Å². The number of rotatable bonds is 2. The summed E-state index contributed by atoms with van der Waals surface area (Å²) in [6.45, 7) is 5.88. The van der Waals surface area contributed by atoms with E-state index in [1.165, 1.54) is 6.07 Å². The second-order valence-corrected chi connectivity index (χ2v) is 4.06. The van der Waals surface area contributed by atoms with Gasteiger partial charge in [0.2, 0.25) is 0 Å². The average molecular weight is 280 g/mol. The fraction of sp³-hybridized carbons (Fsp3) is 0.500. The molecule has 0 radical (unpaired) electrons. The van der Waals surface area contributed by atoms with Gasteiger partial charge in [-0.1, -0.05) is 13.8 Å². The van der Waals surface area contributed by atoms with Crippen molar-refractivity contribution in [3.05, 3.63) is 27.7 Å². The summed E-state index contributed by atoms with van der Waals surface area (Å²) in [6, 6.07) is 1.53. The highest BCUT2D eigenvalue weighted by atomic mass is 79.9. The minimum Gasteiger partial charge on any atom is -0.243 e. The molecule has 80 valence electrons. The van der Waals surface area contributed by atoms with E-state index in [1.54, 1.807) is 11.8 Å². The molecule has 0 aliphatic carbocycles. The monoisotopic (exact) mass is 279 g/mol. The summed E-state index contributed by atoms with van der Waals surface area (Å²) in [5.41, 5.74) is 1.85. The maximum Gasteiger partial charge on any atom is 0.156 e. The van der Waals surface area contributed by atoms with Crippen LogP contribution in [-0.2, 0) is 5.75 Å². The van der Waals surface area contributed by atoms with Crippen molar-refractivity contribution in [2.24, 2.45) is 0 Å². The van der Waals surface area contributed by atoms with Crippen molar-refractivity contribution in [2.45, 2.75) is 26.5 Å². The first-order valence-electron chi connectivity index (χ1n) is 4.45. The van der Waals surface area contributed by atoms with E-state index < -0.39 is 0 Å². The molecule has 0 unspecified atom stereocenters. The maximum absolute atomic E-state index is 13.0. The SMILES string of the molecule is CC.CSCc1cc(F)c(Br)nc1C. The lowest BCUT2D eigenvalue weighted by Crippen LogP contribution is -1.94. The third-order valence-electron chi connectivity index (χ3n) is 1.53. The van der Waals surface area contributed by atoms with Gasteiger partial charge in [-0.25, -0.2) is 9.37 Å². The van der Waals surface area contributed by atoms with Crippen molar-refractivity contribution >= 4 is 27.7 Å². The van der Waals surface area contributed by atoms with Crippen LogP contribution in [0.5, 0.6) is 0 Å². The number of thioether (sulfide) groups is 1. The predicted molar refractivity (Wildman–Crippen MR) is 65.2 cm³/mol. The molecule has 0 atom stereocenters. The molecule has 0 aromatic carbocycles. The Bertz CT molecular complexity index is 292. The molecule has 1 nitrogen and oxygen atoms in total. The van der Waals surface area contributed by atoms with Gasteiger partial charge < -0.3 is 0 Å². The standard InChI is InChI=1S/C8H9BrFNS.C2H6/c1-5-6(4-12-2)3-7(10)8(9)11-5;1-2/h3H,4H2,1-2H3;1-2H3. The Morgan fingerprint density at radius 3 is 2.57 bits per heavy atom. The largest absolute Gasteiger partial charge is 0.243 e. The molecule has 1 heterocycles. The van der Waals surface area contributed by atoms with Crippen LogP contribution >= 0.6 is 27.7 Å². The maximum atomic E-state index is 13.0. The van der Waals surface area contributed by atoms with Gasteiger partial charge in [-0.3, -0.25) is 0 Å². The molecule has 1 aromatic heterocycles. The topological polar surface area (TPSA) is 12.9 Å². The molecule has 0 amide bonds. The van der Waals surface area contributed by atoms with Crippen LogP contribution in [0.3, 0.4) is 0 Å². The number of aryl methyl sites for hydroxylation is 1. The Kier molecular flexibility index (Phi) is 7.19. The van der Waals surface area contributed by atoms with Crippen molar-refractivity contribution in [2.75, 3.05) is 6.26 Å². The molecular formula is C10H15BrFNS. The van der Waals surface area contributed by atoms with Gasteiger partial charge >= 0.3 is 0 Å². The Morgan fingerprint density at radius 1 is 1.50 bits per heavy atom. The summed E-state index contributed by atoms with van der Waals surface area (Å²) in [6.07, 6.45) is 1.99. The van der Waals surface area contributed by atoms with Gasteiger partial charge in [-0.05, 0) is 40.7 Å². The van der Waals surface area contributed by atoms with Gasteiger partial charge in [0.05, 0.1) is 0 Å². The van der Waals surface area contributed by atoms with Gasteiger partial charge in [0.1, 0.15) is 4.60 Å². The van der Waals surface area contributed by atoms with Gasteiger partial charge in [0, 0.05) is 11.4 Å². The normalized spacial score (nSPS) is 9.29. The summed E-state index contributed by atoms with van der Waals surface area (Å²) in [5, 5.41) is 0. The molecule has 0 aliphatic rings.